The monoisotopic (exact) mass is 492 g/mol. The minimum Gasteiger partial charge on any atom is -0.456 e. The molecule has 0 bridgehead atoms. The molecule has 0 amide bonds. The maximum Gasteiger partial charge on any atom is 0.385 e. The number of hydrogen-bond donors (Lipinski definition) is 1. The van der Waals surface area contributed by atoms with Crippen LogP contribution in [0.3, 0.4) is 0 Å². The number of esters is 2. The number of rotatable bonds is 18. The highest BCUT2D eigenvalue weighted by Gasteiger charge is 2.15. The third-order valence-corrected chi connectivity index (χ3v) is 5.11. The van der Waals surface area contributed by atoms with Crippen molar-refractivity contribution in [3.05, 3.63) is 0 Å². The molecule has 5 heteroatoms. The van der Waals surface area contributed by atoms with Crippen molar-refractivity contribution in [3.8, 4) is 59.2 Å². The fourth-order valence-electron chi connectivity index (χ4n) is 3.19. The molecule has 0 unspecified atom stereocenters. The Morgan fingerprint density at radius 1 is 0.694 bits per heavy atom. The third-order valence-electron chi connectivity index (χ3n) is 5.11. The van der Waals surface area contributed by atoms with Crippen molar-refractivity contribution in [1.29, 1.82) is 0 Å². The van der Waals surface area contributed by atoms with Gasteiger partial charge in [-0.3, -0.25) is 4.79 Å². The molecule has 0 aliphatic rings. The van der Waals surface area contributed by atoms with E-state index in [9.17, 15) is 14.7 Å². The number of aliphatic hydroxyl groups excluding tert-OH is 1. The Labute approximate surface area is 218 Å². The molecule has 0 saturated heterocycles. The SMILES string of the molecule is CC#CC#CC#CC#CC#CC(=O)OC[C@@H](CO)OC(=O)CCCCCCCCCCCCCCC. The van der Waals surface area contributed by atoms with Gasteiger partial charge in [0.25, 0.3) is 0 Å². The molecule has 0 radical (unpaired) electrons. The molecule has 0 aromatic rings. The van der Waals surface area contributed by atoms with Gasteiger partial charge >= 0.3 is 11.9 Å². The van der Waals surface area contributed by atoms with E-state index in [2.05, 4.69) is 66.1 Å². The van der Waals surface area contributed by atoms with Crippen LogP contribution in [0.25, 0.3) is 0 Å². The quantitative estimate of drug-likeness (QED) is 0.127. The molecule has 1 N–H and O–H groups in total. The summed E-state index contributed by atoms with van der Waals surface area (Å²) in [6.07, 6.45) is 15.4. The average Bonchev–Trinajstić information content (AvgIpc) is 2.88. The number of ether oxygens (including phenoxy) is 2. The maximum atomic E-state index is 12.0. The first-order chi connectivity index (χ1) is 17.6. The summed E-state index contributed by atoms with van der Waals surface area (Å²) in [5.41, 5.74) is 0. The summed E-state index contributed by atoms with van der Waals surface area (Å²) in [4.78, 5) is 23.6. The molecule has 0 aliphatic heterocycles. The van der Waals surface area contributed by atoms with Gasteiger partial charge in [-0.05, 0) is 60.7 Å². The second-order valence-electron chi connectivity index (χ2n) is 8.26. The number of aliphatic hydroxyl groups is 1. The first-order valence-electron chi connectivity index (χ1n) is 13.0. The van der Waals surface area contributed by atoms with Gasteiger partial charge in [0.2, 0.25) is 0 Å². The summed E-state index contributed by atoms with van der Waals surface area (Å²) in [6.45, 7) is 3.21. The van der Waals surface area contributed by atoms with E-state index in [4.69, 9.17) is 9.47 Å². The Morgan fingerprint density at radius 3 is 1.67 bits per heavy atom. The molecule has 5 nitrogen and oxygen atoms in total. The van der Waals surface area contributed by atoms with E-state index in [1.165, 1.54) is 64.2 Å². The lowest BCUT2D eigenvalue weighted by Gasteiger charge is -2.14. The van der Waals surface area contributed by atoms with Crippen LogP contribution in [-0.2, 0) is 19.1 Å². The van der Waals surface area contributed by atoms with Gasteiger partial charge in [0, 0.05) is 12.3 Å². The van der Waals surface area contributed by atoms with Crippen LogP contribution >= 0.6 is 0 Å². The fourth-order valence-corrected chi connectivity index (χ4v) is 3.19. The van der Waals surface area contributed by atoms with Crippen LogP contribution in [-0.4, -0.2) is 36.4 Å². The Hall–Kier alpha value is -3.30. The van der Waals surface area contributed by atoms with Crippen LogP contribution in [0.2, 0.25) is 0 Å². The fraction of sp³-hybridized carbons (Fsp3) is 0.613. The lowest BCUT2D eigenvalue weighted by atomic mass is 10.0. The molecule has 0 spiro atoms. The van der Waals surface area contributed by atoms with Crippen LogP contribution in [0.5, 0.6) is 0 Å². The van der Waals surface area contributed by atoms with Gasteiger partial charge in [-0.2, -0.15) is 0 Å². The first kappa shape index (κ1) is 32.7. The Kier molecular flexibility index (Phi) is 23.9. The van der Waals surface area contributed by atoms with Crippen molar-refractivity contribution in [2.45, 2.75) is 110 Å². The van der Waals surface area contributed by atoms with E-state index in [0.717, 1.165) is 19.3 Å². The Morgan fingerprint density at radius 2 is 1.17 bits per heavy atom. The standard InChI is InChI=1S/C31H40O5/c1-3-5-7-9-11-13-14-15-16-18-20-22-24-26-31(34)36-29(27-32)28-35-30(33)25-23-21-19-17-12-10-8-6-4-2/h29,32H,3,5,7,9,11,13-16,18,20,22,24,26-28H2,1-2H3/t29-/m1/s1. The van der Waals surface area contributed by atoms with Gasteiger partial charge in [-0.1, -0.05) is 89.9 Å². The highest BCUT2D eigenvalue weighted by atomic mass is 16.6. The van der Waals surface area contributed by atoms with Crippen molar-refractivity contribution in [2.24, 2.45) is 0 Å². The number of carbonyl (C=O) groups is 2. The van der Waals surface area contributed by atoms with Gasteiger partial charge in [0.15, 0.2) is 6.10 Å². The van der Waals surface area contributed by atoms with E-state index in [1.807, 2.05) is 0 Å². The molecule has 0 fully saturated rings. The predicted octanol–water partition coefficient (Wildman–Crippen LogP) is 4.95. The number of hydrogen-bond acceptors (Lipinski definition) is 5. The van der Waals surface area contributed by atoms with Gasteiger partial charge in [0.05, 0.1) is 6.61 Å². The molecule has 0 aromatic carbocycles. The van der Waals surface area contributed by atoms with Crippen molar-refractivity contribution in [2.75, 3.05) is 13.2 Å². The van der Waals surface area contributed by atoms with Crippen molar-refractivity contribution in [3.63, 3.8) is 0 Å². The number of carbonyl (C=O) groups excluding carboxylic acids is 2. The summed E-state index contributed by atoms with van der Waals surface area (Å²) in [5.74, 6) is 23.1. The summed E-state index contributed by atoms with van der Waals surface area (Å²) in [5, 5.41) is 9.36. The van der Waals surface area contributed by atoms with Crippen molar-refractivity contribution >= 4 is 11.9 Å². The molecule has 1 atom stereocenters. The molecule has 0 aliphatic carbocycles. The zero-order chi connectivity index (χ0) is 26.5. The second-order valence-corrected chi connectivity index (χ2v) is 8.26. The molecular formula is C31H40O5. The average molecular weight is 493 g/mol. The molecular weight excluding hydrogens is 452 g/mol. The molecule has 0 saturated carbocycles. The van der Waals surface area contributed by atoms with Crippen LogP contribution in [0.15, 0.2) is 0 Å². The van der Waals surface area contributed by atoms with E-state index >= 15 is 0 Å². The molecule has 194 valence electrons. The highest BCUT2D eigenvalue weighted by Crippen LogP contribution is 2.13. The minimum absolute atomic E-state index is 0.268. The van der Waals surface area contributed by atoms with E-state index in [1.54, 1.807) is 6.92 Å². The third kappa shape index (κ3) is 23.8. The van der Waals surface area contributed by atoms with Crippen LogP contribution in [0.1, 0.15) is 104 Å². The Balaban J connectivity index is 3.87. The summed E-state index contributed by atoms with van der Waals surface area (Å²) < 4.78 is 10.1. The smallest absolute Gasteiger partial charge is 0.385 e. The lowest BCUT2D eigenvalue weighted by molar-refractivity contribution is -0.159. The zero-order valence-corrected chi connectivity index (χ0v) is 22.0. The van der Waals surface area contributed by atoms with Gasteiger partial charge in [0.1, 0.15) is 6.61 Å². The normalized spacial score (nSPS) is 9.75. The summed E-state index contributed by atoms with van der Waals surface area (Å²) in [6, 6.07) is 0. The maximum absolute atomic E-state index is 12.0. The second kappa shape index (κ2) is 26.3. The lowest BCUT2D eigenvalue weighted by Crippen LogP contribution is -2.28. The zero-order valence-electron chi connectivity index (χ0n) is 22.0. The minimum atomic E-state index is -0.910. The predicted molar refractivity (Wildman–Crippen MR) is 143 cm³/mol. The molecule has 0 rings (SSSR count). The highest BCUT2D eigenvalue weighted by molar-refractivity contribution is 5.89. The van der Waals surface area contributed by atoms with E-state index in [0.29, 0.717) is 0 Å². The summed E-state index contributed by atoms with van der Waals surface area (Å²) >= 11 is 0. The van der Waals surface area contributed by atoms with Crippen molar-refractivity contribution in [1.82, 2.24) is 0 Å². The van der Waals surface area contributed by atoms with Crippen LogP contribution in [0, 0.1) is 59.2 Å². The topological polar surface area (TPSA) is 72.8 Å². The van der Waals surface area contributed by atoms with E-state index < -0.39 is 24.6 Å². The van der Waals surface area contributed by atoms with Gasteiger partial charge in [-0.15, -0.1) is 0 Å². The van der Waals surface area contributed by atoms with Gasteiger partial charge < -0.3 is 14.6 Å². The first-order valence-corrected chi connectivity index (χ1v) is 13.0. The molecule has 0 aromatic heterocycles. The van der Waals surface area contributed by atoms with Crippen LogP contribution in [0.4, 0.5) is 0 Å². The van der Waals surface area contributed by atoms with Crippen LogP contribution < -0.4 is 0 Å². The summed E-state index contributed by atoms with van der Waals surface area (Å²) in [7, 11) is 0. The number of unbranched alkanes of at least 4 members (excludes halogenated alkanes) is 12. The Bertz CT molecular complexity index is 922. The molecule has 0 heterocycles. The molecule has 36 heavy (non-hydrogen) atoms. The van der Waals surface area contributed by atoms with E-state index in [-0.39, 0.29) is 13.0 Å². The van der Waals surface area contributed by atoms with Gasteiger partial charge in [-0.25, -0.2) is 4.79 Å². The largest absolute Gasteiger partial charge is 0.456 e. The van der Waals surface area contributed by atoms with Crippen molar-refractivity contribution < 1.29 is 24.2 Å².